The van der Waals surface area contributed by atoms with Crippen LogP contribution in [0.2, 0.25) is 0 Å². The number of carbonyl (C=O) groups is 1. The van der Waals surface area contributed by atoms with E-state index in [2.05, 4.69) is 16.6 Å². The van der Waals surface area contributed by atoms with Crippen molar-refractivity contribution in [1.82, 2.24) is 10.2 Å². The second kappa shape index (κ2) is 6.60. The molecule has 1 aromatic rings. The molecular formula is C17H19N3O3S. The van der Waals surface area contributed by atoms with Gasteiger partial charge in [-0.05, 0) is 23.6 Å². The van der Waals surface area contributed by atoms with Gasteiger partial charge in [-0.1, -0.05) is 37.3 Å². The van der Waals surface area contributed by atoms with Crippen LogP contribution in [0.15, 0.2) is 58.7 Å². The van der Waals surface area contributed by atoms with Crippen LogP contribution >= 0.6 is 0 Å². The molecule has 3 rings (SSSR count). The largest absolute Gasteiger partial charge is 0.351 e. The van der Waals surface area contributed by atoms with Crippen LogP contribution in [0.1, 0.15) is 18.4 Å². The van der Waals surface area contributed by atoms with Crippen LogP contribution in [0.25, 0.3) is 0 Å². The summed E-state index contributed by atoms with van der Waals surface area (Å²) in [4.78, 5) is 14.0. The Balaban J connectivity index is 1.63. The van der Waals surface area contributed by atoms with Crippen molar-refractivity contribution in [2.75, 3.05) is 18.8 Å². The fourth-order valence-electron chi connectivity index (χ4n) is 2.58. The molecule has 0 spiro atoms. The van der Waals surface area contributed by atoms with Gasteiger partial charge in [-0.15, -0.1) is 4.40 Å². The Morgan fingerprint density at radius 1 is 1.29 bits per heavy atom. The van der Waals surface area contributed by atoms with E-state index in [0.29, 0.717) is 24.5 Å². The Kier molecular flexibility index (Phi) is 4.53. The summed E-state index contributed by atoms with van der Waals surface area (Å²) in [7, 11) is -3.38. The first-order valence-corrected chi connectivity index (χ1v) is 9.38. The van der Waals surface area contributed by atoms with E-state index in [1.807, 2.05) is 30.3 Å². The first kappa shape index (κ1) is 16.4. The molecule has 7 heteroatoms. The summed E-state index contributed by atoms with van der Waals surface area (Å²) >= 11 is 0. The van der Waals surface area contributed by atoms with Gasteiger partial charge in [0.25, 0.3) is 15.9 Å². The van der Waals surface area contributed by atoms with E-state index in [-0.39, 0.29) is 17.6 Å². The number of carbonyl (C=O) groups excluding carboxylic acids is 1. The summed E-state index contributed by atoms with van der Waals surface area (Å²) in [5.74, 6) is 0.346. The highest BCUT2D eigenvalue weighted by atomic mass is 32.2. The minimum Gasteiger partial charge on any atom is -0.351 e. The third kappa shape index (κ3) is 3.73. The van der Waals surface area contributed by atoms with Gasteiger partial charge in [-0.3, -0.25) is 4.79 Å². The standard InChI is InChI=1S/C17H19N3O3S/c1-13(14-5-3-2-4-6-14)11-18-17(21)15-7-8-16-19-24(22,23)10-9-20(16)12-15/h2-8,12-13H,9-11H2,1H3,(H,18,21)/t13-/m0/s1. The molecule has 0 aliphatic carbocycles. The third-order valence-corrected chi connectivity index (χ3v) is 5.19. The van der Waals surface area contributed by atoms with E-state index in [9.17, 15) is 13.2 Å². The van der Waals surface area contributed by atoms with Crippen LogP contribution in [0, 0.1) is 0 Å². The van der Waals surface area contributed by atoms with Gasteiger partial charge in [0.15, 0.2) is 0 Å². The summed E-state index contributed by atoms with van der Waals surface area (Å²) in [6.45, 7) is 2.90. The Morgan fingerprint density at radius 2 is 2.04 bits per heavy atom. The van der Waals surface area contributed by atoms with E-state index < -0.39 is 10.0 Å². The lowest BCUT2D eigenvalue weighted by Gasteiger charge is -2.27. The summed E-state index contributed by atoms with van der Waals surface area (Å²) in [5, 5.41) is 2.92. The first-order valence-electron chi connectivity index (χ1n) is 7.77. The molecule has 1 amide bonds. The molecular weight excluding hydrogens is 326 g/mol. The Hall–Kier alpha value is -2.41. The van der Waals surface area contributed by atoms with Gasteiger partial charge in [0.2, 0.25) is 0 Å². The molecule has 0 unspecified atom stereocenters. The highest BCUT2D eigenvalue weighted by Gasteiger charge is 2.25. The molecule has 0 bridgehead atoms. The topological polar surface area (TPSA) is 78.8 Å². The maximum atomic E-state index is 12.3. The monoisotopic (exact) mass is 345 g/mol. The summed E-state index contributed by atoms with van der Waals surface area (Å²) in [5.41, 5.74) is 1.66. The van der Waals surface area contributed by atoms with Crippen LogP contribution in [-0.2, 0) is 14.8 Å². The molecule has 0 fully saturated rings. The van der Waals surface area contributed by atoms with E-state index >= 15 is 0 Å². The maximum absolute atomic E-state index is 12.3. The van der Waals surface area contributed by atoms with Crippen LogP contribution in [0.5, 0.6) is 0 Å². The number of nitrogens with one attached hydrogen (secondary N) is 1. The normalized spacial score (nSPS) is 19.8. The van der Waals surface area contributed by atoms with Crippen LogP contribution in [-0.4, -0.2) is 43.9 Å². The average molecular weight is 345 g/mol. The lowest BCUT2D eigenvalue weighted by atomic mass is 10.0. The number of benzene rings is 1. The molecule has 1 aromatic carbocycles. The quantitative estimate of drug-likeness (QED) is 0.895. The fourth-order valence-corrected chi connectivity index (χ4v) is 3.55. The van der Waals surface area contributed by atoms with Gasteiger partial charge >= 0.3 is 0 Å². The molecule has 2 heterocycles. The molecule has 0 saturated heterocycles. The van der Waals surface area contributed by atoms with Gasteiger partial charge in [-0.2, -0.15) is 0 Å². The number of hydrogen-bond donors (Lipinski definition) is 1. The van der Waals surface area contributed by atoms with E-state index in [0.717, 1.165) is 0 Å². The molecule has 6 nitrogen and oxygen atoms in total. The minimum absolute atomic E-state index is 0.0409. The molecule has 0 saturated carbocycles. The zero-order valence-electron chi connectivity index (χ0n) is 13.3. The molecule has 1 N–H and O–H groups in total. The van der Waals surface area contributed by atoms with Crippen molar-refractivity contribution < 1.29 is 13.2 Å². The van der Waals surface area contributed by atoms with Gasteiger partial charge < -0.3 is 10.2 Å². The summed E-state index contributed by atoms with van der Waals surface area (Å²) < 4.78 is 26.7. The number of amides is 1. The second-order valence-electron chi connectivity index (χ2n) is 5.87. The number of rotatable bonds is 4. The van der Waals surface area contributed by atoms with Crippen molar-refractivity contribution in [3.05, 3.63) is 59.8 Å². The molecule has 0 radical (unpaired) electrons. The Bertz CT molecular complexity index is 826. The molecule has 2 aliphatic heterocycles. The number of nitrogens with zero attached hydrogens (tertiary/aromatic N) is 2. The molecule has 2 aliphatic rings. The average Bonchev–Trinajstić information content (AvgIpc) is 2.59. The summed E-state index contributed by atoms with van der Waals surface area (Å²) in [6.07, 6.45) is 4.81. The lowest BCUT2D eigenvalue weighted by molar-refractivity contribution is -0.117. The zero-order valence-corrected chi connectivity index (χ0v) is 14.2. The van der Waals surface area contributed by atoms with Crippen molar-refractivity contribution in [2.24, 2.45) is 4.40 Å². The minimum atomic E-state index is -3.38. The fraction of sp³-hybridized carbons (Fsp3) is 0.294. The number of fused-ring (bicyclic) bond motifs is 1. The van der Waals surface area contributed by atoms with Crippen LogP contribution < -0.4 is 5.32 Å². The number of hydrogen-bond acceptors (Lipinski definition) is 4. The molecule has 1 atom stereocenters. The molecule has 126 valence electrons. The Morgan fingerprint density at radius 3 is 2.79 bits per heavy atom. The maximum Gasteiger partial charge on any atom is 0.256 e. The Labute approximate surface area is 141 Å². The van der Waals surface area contributed by atoms with Gasteiger partial charge in [0.05, 0.1) is 11.3 Å². The number of amidine groups is 1. The predicted molar refractivity (Wildman–Crippen MR) is 93.0 cm³/mol. The first-order chi connectivity index (χ1) is 11.4. The van der Waals surface area contributed by atoms with E-state index in [4.69, 9.17) is 0 Å². The SMILES string of the molecule is C[C@@H](CNC(=O)C1=CN2CCS(=O)(=O)N=C2C=C1)c1ccccc1. The molecule has 0 aromatic heterocycles. The van der Waals surface area contributed by atoms with Gasteiger partial charge in [0, 0.05) is 19.3 Å². The highest BCUT2D eigenvalue weighted by molar-refractivity contribution is 7.90. The predicted octanol–water partition coefficient (Wildman–Crippen LogP) is 1.40. The van der Waals surface area contributed by atoms with Crippen molar-refractivity contribution in [2.45, 2.75) is 12.8 Å². The highest BCUT2D eigenvalue weighted by Crippen LogP contribution is 2.17. The lowest BCUT2D eigenvalue weighted by Crippen LogP contribution is -2.38. The zero-order chi connectivity index (χ0) is 17.2. The molecule has 24 heavy (non-hydrogen) atoms. The van der Waals surface area contributed by atoms with Crippen molar-refractivity contribution >= 4 is 21.8 Å². The van der Waals surface area contributed by atoms with E-state index in [1.54, 1.807) is 23.3 Å². The van der Waals surface area contributed by atoms with Gasteiger partial charge in [-0.25, -0.2) is 8.42 Å². The van der Waals surface area contributed by atoms with E-state index in [1.165, 1.54) is 5.56 Å². The second-order valence-corrected chi connectivity index (χ2v) is 7.62. The van der Waals surface area contributed by atoms with Crippen molar-refractivity contribution in [3.8, 4) is 0 Å². The third-order valence-electron chi connectivity index (χ3n) is 4.02. The smallest absolute Gasteiger partial charge is 0.256 e. The van der Waals surface area contributed by atoms with Gasteiger partial charge in [0.1, 0.15) is 5.84 Å². The van der Waals surface area contributed by atoms with Crippen LogP contribution in [0.4, 0.5) is 0 Å². The number of sulfonamides is 1. The summed E-state index contributed by atoms with van der Waals surface area (Å²) in [6, 6.07) is 9.99. The van der Waals surface area contributed by atoms with Crippen molar-refractivity contribution in [1.29, 1.82) is 0 Å². The van der Waals surface area contributed by atoms with Crippen molar-refractivity contribution in [3.63, 3.8) is 0 Å². The van der Waals surface area contributed by atoms with Crippen LogP contribution in [0.3, 0.4) is 0 Å².